The van der Waals surface area contributed by atoms with Crippen molar-refractivity contribution in [2.75, 3.05) is 33.0 Å². The Morgan fingerprint density at radius 1 is 0.951 bits per heavy atom. The number of piperazine rings is 1. The number of benzene rings is 2. The van der Waals surface area contributed by atoms with Crippen LogP contribution < -0.4 is 15.0 Å². The Morgan fingerprint density at radius 2 is 1.73 bits per heavy atom. The number of fused-ring (bicyclic) bond motifs is 2. The highest BCUT2D eigenvalue weighted by molar-refractivity contribution is 5.85. The molecule has 0 amide bonds. The van der Waals surface area contributed by atoms with Crippen LogP contribution in [0.3, 0.4) is 0 Å². The van der Waals surface area contributed by atoms with Crippen LogP contribution in [-0.4, -0.2) is 68.0 Å². The van der Waals surface area contributed by atoms with Crippen LogP contribution in [0.1, 0.15) is 72.3 Å². The summed E-state index contributed by atoms with van der Waals surface area (Å²) in [5.41, 5.74) is 4.95. The Balaban J connectivity index is 1.21. The molecule has 214 valence electrons. The molecule has 41 heavy (non-hydrogen) atoms. The Labute approximate surface area is 239 Å². The van der Waals surface area contributed by atoms with Crippen LogP contribution in [-0.2, 0) is 6.54 Å². The maximum absolute atomic E-state index is 13.8. The number of hydrogen-bond donors (Lipinski definition) is 1. The quantitative estimate of drug-likeness (QED) is 0.376. The molecule has 0 bridgehead atoms. The number of nitrogens with zero attached hydrogens (tertiary/aromatic N) is 6. The summed E-state index contributed by atoms with van der Waals surface area (Å²) in [6, 6.07) is 12.4. The fraction of sp³-hybridized carbons (Fsp3) is 0.484. The standard InChI is InChI=1S/C31H37N7O3/c1-20-8-9-21(2)28-24(20)17-25(31(39)32-28)29(30-33-34-35-38(30)23-6-4-3-5-7-23)37-14-12-36(13-15-37)18-22-10-11-26-27(16-22)41-19-40-26/h8-11,16-17,23,29H,3-7,12-15,18-19H2,1-2H3,(H,32,39)/t29-/m0/s1. The molecular weight excluding hydrogens is 518 g/mol. The van der Waals surface area contributed by atoms with Crippen LogP contribution in [0.4, 0.5) is 0 Å². The highest BCUT2D eigenvalue weighted by Gasteiger charge is 2.34. The van der Waals surface area contributed by atoms with Crippen LogP contribution >= 0.6 is 0 Å². The Hall–Kier alpha value is -3.76. The topological polar surface area (TPSA) is 101 Å². The van der Waals surface area contributed by atoms with E-state index in [2.05, 4.69) is 67.6 Å². The van der Waals surface area contributed by atoms with Crippen molar-refractivity contribution in [2.24, 2.45) is 0 Å². The van der Waals surface area contributed by atoms with E-state index in [1.54, 1.807) is 0 Å². The third-order valence-electron chi connectivity index (χ3n) is 9.07. The molecule has 7 rings (SSSR count). The molecule has 2 fully saturated rings. The van der Waals surface area contributed by atoms with Crippen LogP contribution in [0.2, 0.25) is 0 Å². The van der Waals surface area contributed by atoms with Gasteiger partial charge in [-0.25, -0.2) is 4.68 Å². The average molecular weight is 556 g/mol. The van der Waals surface area contributed by atoms with E-state index in [0.717, 1.165) is 84.9 Å². The van der Waals surface area contributed by atoms with Crippen LogP contribution in [0.25, 0.3) is 10.9 Å². The van der Waals surface area contributed by atoms with Gasteiger partial charge in [0.2, 0.25) is 6.79 Å². The molecule has 10 heteroatoms. The zero-order chi connectivity index (χ0) is 27.9. The lowest BCUT2D eigenvalue weighted by molar-refractivity contribution is 0.0982. The predicted molar refractivity (Wildman–Crippen MR) is 155 cm³/mol. The summed E-state index contributed by atoms with van der Waals surface area (Å²) >= 11 is 0. The van der Waals surface area contributed by atoms with E-state index in [0.29, 0.717) is 5.56 Å². The van der Waals surface area contributed by atoms with Gasteiger partial charge in [-0.1, -0.05) is 37.5 Å². The number of pyridine rings is 1. The summed E-state index contributed by atoms with van der Waals surface area (Å²) in [7, 11) is 0. The predicted octanol–water partition coefficient (Wildman–Crippen LogP) is 4.27. The van der Waals surface area contributed by atoms with Crippen LogP contribution in [0.5, 0.6) is 11.5 Å². The number of aryl methyl sites for hydroxylation is 2. The molecule has 1 N–H and O–H groups in total. The Kier molecular flexibility index (Phi) is 6.96. The highest BCUT2D eigenvalue weighted by Crippen LogP contribution is 2.35. The largest absolute Gasteiger partial charge is 0.454 e. The van der Waals surface area contributed by atoms with E-state index in [4.69, 9.17) is 9.47 Å². The minimum atomic E-state index is -0.326. The van der Waals surface area contributed by atoms with Crippen LogP contribution in [0, 0.1) is 13.8 Å². The number of aromatic amines is 1. The third kappa shape index (κ3) is 4.99. The van der Waals surface area contributed by atoms with Crippen molar-refractivity contribution < 1.29 is 9.47 Å². The maximum Gasteiger partial charge on any atom is 0.253 e. The minimum Gasteiger partial charge on any atom is -0.454 e. The number of rotatable bonds is 6. The molecule has 2 aromatic carbocycles. The van der Waals surface area contributed by atoms with Crippen molar-refractivity contribution in [2.45, 2.75) is 64.6 Å². The normalized spacial score (nSPS) is 19.2. The van der Waals surface area contributed by atoms with Gasteiger partial charge in [-0.15, -0.1) is 5.10 Å². The molecule has 0 unspecified atom stereocenters. The second-order valence-electron chi connectivity index (χ2n) is 11.7. The van der Waals surface area contributed by atoms with Gasteiger partial charge >= 0.3 is 0 Å². The lowest BCUT2D eigenvalue weighted by atomic mass is 9.94. The van der Waals surface area contributed by atoms with Gasteiger partial charge in [0.25, 0.3) is 5.56 Å². The summed E-state index contributed by atoms with van der Waals surface area (Å²) in [4.78, 5) is 21.8. The molecular formula is C31H37N7O3. The molecule has 2 aliphatic heterocycles. The smallest absolute Gasteiger partial charge is 0.253 e. The molecule has 1 saturated heterocycles. The van der Waals surface area contributed by atoms with Gasteiger partial charge in [0, 0.05) is 43.7 Å². The average Bonchev–Trinajstić information content (AvgIpc) is 3.67. The molecule has 1 saturated carbocycles. The van der Waals surface area contributed by atoms with E-state index >= 15 is 0 Å². The van der Waals surface area contributed by atoms with Gasteiger partial charge in [-0.3, -0.25) is 14.6 Å². The van der Waals surface area contributed by atoms with Crippen molar-refractivity contribution in [1.82, 2.24) is 35.0 Å². The summed E-state index contributed by atoms with van der Waals surface area (Å²) < 4.78 is 13.1. The van der Waals surface area contributed by atoms with E-state index in [1.807, 2.05) is 17.7 Å². The summed E-state index contributed by atoms with van der Waals surface area (Å²) in [6.07, 6.45) is 5.76. The molecule has 1 atom stereocenters. The molecule has 0 radical (unpaired) electrons. The van der Waals surface area contributed by atoms with Crippen molar-refractivity contribution in [3.63, 3.8) is 0 Å². The summed E-state index contributed by atoms with van der Waals surface area (Å²) in [5, 5.41) is 14.3. The van der Waals surface area contributed by atoms with Gasteiger partial charge in [-0.2, -0.15) is 0 Å². The molecule has 3 aliphatic rings. The van der Waals surface area contributed by atoms with Crippen molar-refractivity contribution in [3.8, 4) is 11.5 Å². The van der Waals surface area contributed by atoms with Gasteiger partial charge in [-0.05, 0) is 72.0 Å². The Morgan fingerprint density at radius 3 is 2.56 bits per heavy atom. The molecule has 4 aromatic rings. The number of ether oxygens (including phenoxy) is 2. The number of tetrazole rings is 1. The fourth-order valence-corrected chi connectivity index (χ4v) is 6.74. The maximum atomic E-state index is 13.8. The first-order valence-corrected chi connectivity index (χ1v) is 14.8. The lowest BCUT2D eigenvalue weighted by Gasteiger charge is -2.39. The first-order valence-electron chi connectivity index (χ1n) is 14.8. The zero-order valence-electron chi connectivity index (χ0n) is 23.8. The second-order valence-corrected chi connectivity index (χ2v) is 11.7. The molecule has 0 spiro atoms. The van der Waals surface area contributed by atoms with Gasteiger partial charge in [0.05, 0.1) is 11.6 Å². The molecule has 4 heterocycles. The number of nitrogens with one attached hydrogen (secondary N) is 1. The van der Waals surface area contributed by atoms with Crippen molar-refractivity contribution >= 4 is 10.9 Å². The van der Waals surface area contributed by atoms with E-state index in [9.17, 15) is 4.79 Å². The highest BCUT2D eigenvalue weighted by atomic mass is 16.7. The van der Waals surface area contributed by atoms with Gasteiger partial charge < -0.3 is 14.5 Å². The second kappa shape index (κ2) is 10.9. The molecule has 10 nitrogen and oxygen atoms in total. The first-order chi connectivity index (χ1) is 20.0. The SMILES string of the molecule is Cc1ccc(C)c2[nH]c(=O)c([C@@H](c3nnnn3C3CCCCC3)N3CCN(Cc4ccc5c(c4)OCO5)CC3)cc12. The van der Waals surface area contributed by atoms with Gasteiger partial charge in [0.1, 0.15) is 6.04 Å². The Bertz CT molecular complexity index is 1620. The lowest BCUT2D eigenvalue weighted by Crippen LogP contribution is -2.48. The van der Waals surface area contributed by atoms with E-state index < -0.39 is 0 Å². The number of hydrogen-bond acceptors (Lipinski definition) is 8. The zero-order valence-corrected chi connectivity index (χ0v) is 23.8. The first kappa shape index (κ1) is 26.2. The fourth-order valence-electron chi connectivity index (χ4n) is 6.74. The summed E-state index contributed by atoms with van der Waals surface area (Å²) in [5.74, 6) is 2.40. The molecule has 1 aliphatic carbocycles. The summed E-state index contributed by atoms with van der Waals surface area (Å²) in [6.45, 7) is 8.61. The minimum absolute atomic E-state index is 0.0721. The number of H-pyrrole nitrogens is 1. The van der Waals surface area contributed by atoms with Crippen molar-refractivity contribution in [1.29, 1.82) is 0 Å². The number of aromatic nitrogens is 5. The molecule has 2 aromatic heterocycles. The third-order valence-corrected chi connectivity index (χ3v) is 9.07. The van der Waals surface area contributed by atoms with Gasteiger partial charge in [0.15, 0.2) is 17.3 Å². The van der Waals surface area contributed by atoms with E-state index in [-0.39, 0.29) is 24.4 Å². The van der Waals surface area contributed by atoms with Crippen molar-refractivity contribution in [3.05, 3.63) is 74.8 Å². The van der Waals surface area contributed by atoms with E-state index in [1.165, 1.54) is 24.8 Å². The monoisotopic (exact) mass is 555 g/mol. The van der Waals surface area contributed by atoms with Crippen LogP contribution in [0.15, 0.2) is 41.2 Å².